The Hall–Kier alpha value is -2.36. The molecule has 0 fully saturated rings. The highest BCUT2D eigenvalue weighted by atomic mass is 16.5. The molecule has 19 heavy (non-hydrogen) atoms. The van der Waals surface area contributed by atoms with Crippen LogP contribution in [-0.2, 0) is 7.05 Å². The standard InChI is InChI=1S/C15H15N3O/c1-10-15(19-3)14-6-11(4-5-12(14)7-16-10)13-8-17-18(2)9-13/h4-9H,1-3H3. The largest absolute Gasteiger partial charge is 0.494 e. The molecule has 0 bridgehead atoms. The van der Waals surface area contributed by atoms with Gasteiger partial charge in [0.15, 0.2) is 0 Å². The third-order valence-corrected chi connectivity index (χ3v) is 3.27. The Morgan fingerprint density at radius 2 is 2.00 bits per heavy atom. The predicted octanol–water partition coefficient (Wildman–Crippen LogP) is 2.95. The lowest BCUT2D eigenvalue weighted by Gasteiger charge is -2.09. The molecule has 96 valence electrons. The summed E-state index contributed by atoms with van der Waals surface area (Å²) in [6.07, 6.45) is 5.74. The van der Waals surface area contributed by atoms with Crippen molar-refractivity contribution in [2.75, 3.05) is 7.11 Å². The van der Waals surface area contributed by atoms with Gasteiger partial charge >= 0.3 is 0 Å². The van der Waals surface area contributed by atoms with Crippen molar-refractivity contribution in [1.82, 2.24) is 14.8 Å². The second-order valence-corrected chi connectivity index (χ2v) is 4.58. The average Bonchev–Trinajstić information content (AvgIpc) is 2.85. The highest BCUT2D eigenvalue weighted by Crippen LogP contribution is 2.31. The van der Waals surface area contributed by atoms with E-state index in [-0.39, 0.29) is 0 Å². The molecule has 0 radical (unpaired) electrons. The zero-order valence-corrected chi connectivity index (χ0v) is 11.2. The summed E-state index contributed by atoms with van der Waals surface area (Å²) in [5.41, 5.74) is 3.13. The van der Waals surface area contributed by atoms with Crippen LogP contribution in [0.25, 0.3) is 21.9 Å². The van der Waals surface area contributed by atoms with Gasteiger partial charge in [-0.2, -0.15) is 5.10 Å². The summed E-state index contributed by atoms with van der Waals surface area (Å²) in [5.74, 6) is 0.836. The minimum absolute atomic E-state index is 0.836. The maximum absolute atomic E-state index is 5.47. The fraction of sp³-hybridized carbons (Fsp3) is 0.200. The van der Waals surface area contributed by atoms with Crippen molar-refractivity contribution in [1.29, 1.82) is 0 Å². The summed E-state index contributed by atoms with van der Waals surface area (Å²) in [7, 11) is 3.60. The molecule has 0 N–H and O–H groups in total. The molecule has 0 amide bonds. The maximum atomic E-state index is 5.47. The molecule has 0 atom stereocenters. The average molecular weight is 253 g/mol. The first-order valence-electron chi connectivity index (χ1n) is 6.11. The van der Waals surface area contributed by atoms with Gasteiger partial charge in [-0.15, -0.1) is 0 Å². The highest BCUT2D eigenvalue weighted by Gasteiger charge is 2.08. The molecule has 1 aromatic carbocycles. The molecule has 4 nitrogen and oxygen atoms in total. The summed E-state index contributed by atoms with van der Waals surface area (Å²) >= 11 is 0. The van der Waals surface area contributed by atoms with E-state index in [0.29, 0.717) is 0 Å². The van der Waals surface area contributed by atoms with Crippen LogP contribution in [0.2, 0.25) is 0 Å². The first-order chi connectivity index (χ1) is 9.19. The van der Waals surface area contributed by atoms with Gasteiger partial charge in [0.2, 0.25) is 0 Å². The van der Waals surface area contributed by atoms with Crippen LogP contribution in [0.1, 0.15) is 5.69 Å². The van der Waals surface area contributed by atoms with E-state index in [1.54, 1.807) is 11.8 Å². The Morgan fingerprint density at radius 3 is 2.68 bits per heavy atom. The van der Waals surface area contributed by atoms with Crippen LogP contribution < -0.4 is 4.74 Å². The molecular weight excluding hydrogens is 238 g/mol. The molecule has 3 aromatic rings. The van der Waals surface area contributed by atoms with E-state index in [9.17, 15) is 0 Å². The smallest absolute Gasteiger partial charge is 0.147 e. The zero-order chi connectivity index (χ0) is 13.4. The first-order valence-corrected chi connectivity index (χ1v) is 6.11. The van der Waals surface area contributed by atoms with Crippen LogP contribution in [0.4, 0.5) is 0 Å². The Labute approximate surface area is 111 Å². The van der Waals surface area contributed by atoms with Gasteiger partial charge in [0.25, 0.3) is 0 Å². The third kappa shape index (κ3) is 1.95. The number of ether oxygens (including phenoxy) is 1. The van der Waals surface area contributed by atoms with E-state index in [2.05, 4.69) is 28.3 Å². The van der Waals surface area contributed by atoms with Gasteiger partial charge < -0.3 is 4.74 Å². The van der Waals surface area contributed by atoms with Crippen LogP contribution >= 0.6 is 0 Å². The van der Waals surface area contributed by atoms with E-state index in [0.717, 1.165) is 33.3 Å². The number of methoxy groups -OCH3 is 1. The summed E-state index contributed by atoms with van der Waals surface area (Å²) < 4.78 is 7.27. The van der Waals surface area contributed by atoms with E-state index >= 15 is 0 Å². The van der Waals surface area contributed by atoms with Crippen LogP contribution in [0, 0.1) is 6.92 Å². The lowest BCUT2D eigenvalue weighted by atomic mass is 10.0. The van der Waals surface area contributed by atoms with Gasteiger partial charge in [-0.3, -0.25) is 9.67 Å². The second kappa shape index (κ2) is 4.39. The number of aryl methyl sites for hydroxylation is 2. The van der Waals surface area contributed by atoms with E-state index in [1.165, 1.54) is 0 Å². The SMILES string of the molecule is COc1c(C)ncc2ccc(-c3cnn(C)c3)cc12. The molecule has 0 spiro atoms. The molecule has 0 saturated carbocycles. The zero-order valence-electron chi connectivity index (χ0n) is 11.2. The van der Waals surface area contributed by atoms with Gasteiger partial charge in [-0.25, -0.2) is 0 Å². The molecular formula is C15H15N3O. The van der Waals surface area contributed by atoms with E-state index < -0.39 is 0 Å². The molecule has 4 heteroatoms. The number of hydrogen-bond acceptors (Lipinski definition) is 3. The van der Waals surface area contributed by atoms with Crippen molar-refractivity contribution in [3.05, 3.63) is 42.5 Å². The maximum Gasteiger partial charge on any atom is 0.147 e. The topological polar surface area (TPSA) is 39.9 Å². The predicted molar refractivity (Wildman–Crippen MR) is 75.2 cm³/mol. The van der Waals surface area contributed by atoms with Gasteiger partial charge in [0.1, 0.15) is 5.75 Å². The fourth-order valence-corrected chi connectivity index (χ4v) is 2.29. The van der Waals surface area contributed by atoms with Crippen LogP contribution in [0.15, 0.2) is 36.8 Å². The van der Waals surface area contributed by atoms with Crippen LogP contribution in [0.5, 0.6) is 5.75 Å². The molecule has 0 aliphatic carbocycles. The molecule has 2 heterocycles. The van der Waals surface area contributed by atoms with Gasteiger partial charge in [0.05, 0.1) is 19.0 Å². The lowest BCUT2D eigenvalue weighted by Crippen LogP contribution is -1.92. The van der Waals surface area contributed by atoms with Crippen molar-refractivity contribution in [3.63, 3.8) is 0 Å². The minimum Gasteiger partial charge on any atom is -0.494 e. The molecule has 0 aliphatic rings. The quantitative estimate of drug-likeness (QED) is 0.705. The van der Waals surface area contributed by atoms with Crippen molar-refractivity contribution in [3.8, 4) is 16.9 Å². The van der Waals surface area contributed by atoms with Crippen molar-refractivity contribution < 1.29 is 4.74 Å². The number of fused-ring (bicyclic) bond motifs is 1. The van der Waals surface area contributed by atoms with Crippen molar-refractivity contribution in [2.24, 2.45) is 7.05 Å². The minimum atomic E-state index is 0.836. The molecule has 0 aliphatic heterocycles. The number of aromatic nitrogens is 3. The van der Waals surface area contributed by atoms with E-state index in [1.807, 2.05) is 32.6 Å². The van der Waals surface area contributed by atoms with Gasteiger partial charge in [0, 0.05) is 35.8 Å². The third-order valence-electron chi connectivity index (χ3n) is 3.27. The monoisotopic (exact) mass is 253 g/mol. The summed E-state index contributed by atoms with van der Waals surface area (Å²) in [5, 5.41) is 6.37. The van der Waals surface area contributed by atoms with Gasteiger partial charge in [-0.1, -0.05) is 12.1 Å². The molecule has 3 rings (SSSR count). The molecule has 0 unspecified atom stereocenters. The lowest BCUT2D eigenvalue weighted by molar-refractivity contribution is 0.414. The Bertz CT molecular complexity index is 746. The second-order valence-electron chi connectivity index (χ2n) is 4.58. The van der Waals surface area contributed by atoms with Crippen LogP contribution in [0.3, 0.4) is 0 Å². The highest BCUT2D eigenvalue weighted by molar-refractivity contribution is 5.92. The number of hydrogen-bond donors (Lipinski definition) is 0. The normalized spacial score (nSPS) is 10.9. The van der Waals surface area contributed by atoms with Crippen LogP contribution in [-0.4, -0.2) is 21.9 Å². The molecule has 0 saturated heterocycles. The number of nitrogens with zero attached hydrogens (tertiary/aromatic N) is 3. The number of rotatable bonds is 2. The molecule has 2 aromatic heterocycles. The van der Waals surface area contributed by atoms with Crippen molar-refractivity contribution in [2.45, 2.75) is 6.92 Å². The fourth-order valence-electron chi connectivity index (χ4n) is 2.29. The van der Waals surface area contributed by atoms with E-state index in [4.69, 9.17) is 4.74 Å². The number of pyridine rings is 1. The Balaban J connectivity index is 2.24. The van der Waals surface area contributed by atoms with Gasteiger partial charge in [-0.05, 0) is 18.6 Å². The summed E-state index contributed by atoms with van der Waals surface area (Å²) in [4.78, 5) is 4.34. The Morgan fingerprint density at radius 1 is 1.16 bits per heavy atom. The number of benzene rings is 1. The first kappa shape index (κ1) is 11.7. The van der Waals surface area contributed by atoms with Crippen molar-refractivity contribution >= 4 is 10.8 Å². The summed E-state index contributed by atoms with van der Waals surface area (Å²) in [6.45, 7) is 1.95. The summed E-state index contributed by atoms with van der Waals surface area (Å²) in [6, 6.07) is 6.27. The Kier molecular flexibility index (Phi) is 2.71.